The molecule has 1 heterocycles. The lowest BCUT2D eigenvalue weighted by Crippen LogP contribution is -2.06. The van der Waals surface area contributed by atoms with Crippen molar-refractivity contribution >= 4 is 5.71 Å². The Morgan fingerprint density at radius 1 is 1.36 bits per heavy atom. The second-order valence-electron chi connectivity index (χ2n) is 3.74. The van der Waals surface area contributed by atoms with Crippen molar-refractivity contribution in [3.05, 3.63) is 35.4 Å². The summed E-state index contributed by atoms with van der Waals surface area (Å²) in [5.41, 5.74) is 3.55. The van der Waals surface area contributed by atoms with Crippen LogP contribution in [0.25, 0.3) is 0 Å². The second-order valence-corrected chi connectivity index (χ2v) is 3.74. The van der Waals surface area contributed by atoms with Gasteiger partial charge in [-0.15, -0.1) is 0 Å². The van der Waals surface area contributed by atoms with Crippen molar-refractivity contribution in [3.8, 4) is 0 Å². The zero-order valence-electron chi connectivity index (χ0n) is 8.66. The highest BCUT2D eigenvalue weighted by atomic mass is 16.6. The standard InChI is InChI=1S/C12H15NO/c1-3-11-8-12(13-14-11)10-6-4-9(2)5-7-10/h4-7,11H,3,8H2,1-2H3. The summed E-state index contributed by atoms with van der Waals surface area (Å²) in [4.78, 5) is 5.29. The molecule has 0 saturated carbocycles. The molecule has 0 spiro atoms. The zero-order chi connectivity index (χ0) is 9.97. The number of benzene rings is 1. The molecule has 0 aromatic heterocycles. The molecule has 1 aliphatic heterocycles. The van der Waals surface area contributed by atoms with Crippen molar-refractivity contribution in [1.29, 1.82) is 0 Å². The molecular weight excluding hydrogens is 174 g/mol. The third-order valence-corrected chi connectivity index (χ3v) is 2.57. The van der Waals surface area contributed by atoms with Gasteiger partial charge in [-0.2, -0.15) is 0 Å². The van der Waals surface area contributed by atoms with E-state index in [-0.39, 0.29) is 6.10 Å². The summed E-state index contributed by atoms with van der Waals surface area (Å²) in [7, 11) is 0. The Labute approximate surface area is 84.6 Å². The molecule has 2 heteroatoms. The average Bonchev–Trinajstić information content (AvgIpc) is 2.67. The minimum atomic E-state index is 0.284. The molecular formula is C12H15NO. The van der Waals surface area contributed by atoms with Crippen molar-refractivity contribution in [2.75, 3.05) is 0 Å². The van der Waals surface area contributed by atoms with E-state index in [2.05, 4.69) is 43.3 Å². The highest BCUT2D eigenvalue weighted by Gasteiger charge is 2.19. The Balaban J connectivity index is 2.13. The SMILES string of the molecule is CCC1CC(c2ccc(C)cc2)=NO1. The molecule has 0 radical (unpaired) electrons. The van der Waals surface area contributed by atoms with Gasteiger partial charge < -0.3 is 4.84 Å². The Morgan fingerprint density at radius 3 is 2.64 bits per heavy atom. The van der Waals surface area contributed by atoms with Crippen LogP contribution in [0.4, 0.5) is 0 Å². The first-order valence-electron chi connectivity index (χ1n) is 5.09. The number of nitrogens with zero attached hydrogens (tertiary/aromatic N) is 1. The van der Waals surface area contributed by atoms with Crippen LogP contribution in [0.1, 0.15) is 30.9 Å². The van der Waals surface area contributed by atoms with E-state index in [1.165, 1.54) is 11.1 Å². The molecule has 0 bridgehead atoms. The first kappa shape index (κ1) is 9.25. The van der Waals surface area contributed by atoms with Crippen LogP contribution in [-0.4, -0.2) is 11.8 Å². The number of rotatable bonds is 2. The van der Waals surface area contributed by atoms with Gasteiger partial charge in [0.1, 0.15) is 6.10 Å². The first-order valence-corrected chi connectivity index (χ1v) is 5.09. The molecule has 74 valence electrons. The molecule has 14 heavy (non-hydrogen) atoms. The van der Waals surface area contributed by atoms with Gasteiger partial charge in [-0.25, -0.2) is 0 Å². The van der Waals surface area contributed by atoms with E-state index < -0.39 is 0 Å². The molecule has 0 fully saturated rings. The topological polar surface area (TPSA) is 21.6 Å². The fraction of sp³-hybridized carbons (Fsp3) is 0.417. The van der Waals surface area contributed by atoms with Gasteiger partial charge in [-0.05, 0) is 18.9 Å². The third-order valence-electron chi connectivity index (χ3n) is 2.57. The summed E-state index contributed by atoms with van der Waals surface area (Å²) in [5, 5.41) is 4.10. The molecule has 1 aromatic rings. The molecule has 0 N–H and O–H groups in total. The monoisotopic (exact) mass is 189 g/mol. The third kappa shape index (κ3) is 1.79. The number of hydrogen-bond donors (Lipinski definition) is 0. The molecule has 1 atom stereocenters. The van der Waals surface area contributed by atoms with Gasteiger partial charge in [0.2, 0.25) is 0 Å². The summed E-state index contributed by atoms with van der Waals surface area (Å²) in [6.45, 7) is 4.21. The summed E-state index contributed by atoms with van der Waals surface area (Å²) in [6, 6.07) is 8.43. The van der Waals surface area contributed by atoms with Gasteiger partial charge in [0, 0.05) is 6.42 Å². The van der Waals surface area contributed by atoms with Crippen LogP contribution in [-0.2, 0) is 4.84 Å². The Bertz CT molecular complexity index is 340. The van der Waals surface area contributed by atoms with Crippen LogP contribution in [0, 0.1) is 6.92 Å². The van der Waals surface area contributed by atoms with Gasteiger partial charge in [-0.1, -0.05) is 41.9 Å². The van der Waals surface area contributed by atoms with Gasteiger partial charge in [0.25, 0.3) is 0 Å². The van der Waals surface area contributed by atoms with Gasteiger partial charge >= 0.3 is 0 Å². The normalized spacial score (nSPS) is 20.4. The summed E-state index contributed by atoms with van der Waals surface area (Å²) >= 11 is 0. The molecule has 2 rings (SSSR count). The van der Waals surface area contributed by atoms with Crippen molar-refractivity contribution in [3.63, 3.8) is 0 Å². The quantitative estimate of drug-likeness (QED) is 0.701. The zero-order valence-corrected chi connectivity index (χ0v) is 8.66. The number of oxime groups is 1. The lowest BCUT2D eigenvalue weighted by molar-refractivity contribution is 0.0829. The first-order chi connectivity index (χ1) is 6.79. The molecule has 1 unspecified atom stereocenters. The van der Waals surface area contributed by atoms with Crippen molar-refractivity contribution in [2.24, 2.45) is 5.16 Å². The van der Waals surface area contributed by atoms with Crippen LogP contribution >= 0.6 is 0 Å². The van der Waals surface area contributed by atoms with Crippen molar-refractivity contribution in [2.45, 2.75) is 32.8 Å². The Kier molecular flexibility index (Phi) is 2.53. The Morgan fingerprint density at radius 2 is 2.07 bits per heavy atom. The summed E-state index contributed by atoms with van der Waals surface area (Å²) < 4.78 is 0. The van der Waals surface area contributed by atoms with E-state index in [0.29, 0.717) is 0 Å². The maximum Gasteiger partial charge on any atom is 0.133 e. The smallest absolute Gasteiger partial charge is 0.133 e. The van der Waals surface area contributed by atoms with Crippen LogP contribution < -0.4 is 0 Å². The molecule has 0 amide bonds. The Hall–Kier alpha value is -1.31. The lowest BCUT2D eigenvalue weighted by atomic mass is 10.0. The van der Waals surface area contributed by atoms with E-state index >= 15 is 0 Å². The van der Waals surface area contributed by atoms with E-state index in [0.717, 1.165) is 18.6 Å². The molecule has 1 aromatic carbocycles. The predicted octanol–water partition coefficient (Wildman–Crippen LogP) is 2.90. The van der Waals surface area contributed by atoms with Gasteiger partial charge in [0.05, 0.1) is 5.71 Å². The maximum absolute atomic E-state index is 5.29. The second kappa shape index (κ2) is 3.82. The molecule has 0 saturated heterocycles. The number of aryl methyl sites for hydroxylation is 1. The predicted molar refractivity (Wildman–Crippen MR) is 57.5 cm³/mol. The summed E-state index contributed by atoms with van der Waals surface area (Å²) in [6.07, 6.45) is 2.25. The van der Waals surface area contributed by atoms with Crippen LogP contribution in [0.3, 0.4) is 0 Å². The van der Waals surface area contributed by atoms with E-state index in [4.69, 9.17) is 4.84 Å². The van der Waals surface area contributed by atoms with E-state index in [1.807, 2.05) is 0 Å². The van der Waals surface area contributed by atoms with E-state index in [1.54, 1.807) is 0 Å². The molecule has 0 aliphatic carbocycles. The molecule has 2 nitrogen and oxygen atoms in total. The van der Waals surface area contributed by atoms with Crippen LogP contribution in [0.15, 0.2) is 29.4 Å². The van der Waals surface area contributed by atoms with Gasteiger partial charge in [0.15, 0.2) is 0 Å². The molecule has 1 aliphatic rings. The van der Waals surface area contributed by atoms with Crippen LogP contribution in [0.2, 0.25) is 0 Å². The average molecular weight is 189 g/mol. The lowest BCUT2D eigenvalue weighted by Gasteiger charge is -2.02. The maximum atomic E-state index is 5.29. The van der Waals surface area contributed by atoms with Gasteiger partial charge in [-0.3, -0.25) is 0 Å². The highest BCUT2D eigenvalue weighted by molar-refractivity contribution is 6.01. The fourth-order valence-electron chi connectivity index (χ4n) is 1.56. The minimum Gasteiger partial charge on any atom is -0.392 e. The summed E-state index contributed by atoms with van der Waals surface area (Å²) in [5.74, 6) is 0. The van der Waals surface area contributed by atoms with Crippen molar-refractivity contribution in [1.82, 2.24) is 0 Å². The van der Waals surface area contributed by atoms with Crippen molar-refractivity contribution < 1.29 is 4.84 Å². The fourth-order valence-corrected chi connectivity index (χ4v) is 1.56. The minimum absolute atomic E-state index is 0.284. The van der Waals surface area contributed by atoms with Crippen LogP contribution in [0.5, 0.6) is 0 Å². The highest BCUT2D eigenvalue weighted by Crippen LogP contribution is 2.18. The number of hydrogen-bond acceptors (Lipinski definition) is 2. The largest absolute Gasteiger partial charge is 0.392 e. The van der Waals surface area contributed by atoms with E-state index in [9.17, 15) is 0 Å².